The van der Waals surface area contributed by atoms with Gasteiger partial charge in [0, 0.05) is 12.3 Å². The van der Waals surface area contributed by atoms with Crippen LogP contribution in [0.3, 0.4) is 0 Å². The number of hydrogen-bond donors (Lipinski definition) is 0. The van der Waals surface area contributed by atoms with Crippen molar-refractivity contribution in [3.05, 3.63) is 47.5 Å². The fourth-order valence-electron chi connectivity index (χ4n) is 3.11. The maximum atomic E-state index is 13.2. The van der Waals surface area contributed by atoms with Gasteiger partial charge in [0.25, 0.3) is 0 Å². The molecular formula is C20H26F2O4. The van der Waals surface area contributed by atoms with Gasteiger partial charge in [0.15, 0.2) is 24.2 Å². The molecule has 1 aromatic rings. The largest absolute Gasteiger partial charge is 0.352 e. The summed E-state index contributed by atoms with van der Waals surface area (Å²) < 4.78 is 49.3. The number of aryl methyl sites for hydroxylation is 1. The first-order valence-electron chi connectivity index (χ1n) is 9.22. The van der Waals surface area contributed by atoms with Gasteiger partial charge in [-0.2, -0.15) is 0 Å². The van der Waals surface area contributed by atoms with E-state index in [9.17, 15) is 8.78 Å². The van der Waals surface area contributed by atoms with Crippen LogP contribution in [-0.4, -0.2) is 39.0 Å². The maximum absolute atomic E-state index is 13.2. The fraction of sp³-hybridized carbons (Fsp3) is 0.600. The minimum atomic E-state index is -0.832. The lowest BCUT2D eigenvalue weighted by molar-refractivity contribution is -0.278. The van der Waals surface area contributed by atoms with Crippen LogP contribution in [0.5, 0.6) is 0 Å². The predicted octanol–water partition coefficient (Wildman–Crippen LogP) is 3.84. The van der Waals surface area contributed by atoms with Crippen molar-refractivity contribution in [2.75, 3.05) is 26.4 Å². The van der Waals surface area contributed by atoms with Crippen molar-refractivity contribution in [1.82, 2.24) is 0 Å². The summed E-state index contributed by atoms with van der Waals surface area (Å²) in [5.74, 6) is -1.31. The van der Waals surface area contributed by atoms with Crippen molar-refractivity contribution in [2.24, 2.45) is 11.8 Å². The Bertz CT molecular complexity index is 591. The predicted molar refractivity (Wildman–Crippen MR) is 92.5 cm³/mol. The minimum absolute atomic E-state index is 0.0469. The Labute approximate surface area is 153 Å². The highest BCUT2D eigenvalue weighted by atomic mass is 19.2. The van der Waals surface area contributed by atoms with Gasteiger partial charge in [-0.15, -0.1) is 0 Å². The third kappa shape index (κ3) is 5.33. The molecule has 1 aromatic carbocycles. The highest BCUT2D eigenvalue weighted by Gasteiger charge is 2.33. The van der Waals surface area contributed by atoms with Crippen LogP contribution in [0.4, 0.5) is 8.78 Å². The lowest BCUT2D eigenvalue weighted by atomic mass is 10.1. The van der Waals surface area contributed by atoms with Gasteiger partial charge in [-0.1, -0.05) is 25.1 Å². The number of benzene rings is 1. The molecule has 0 radical (unpaired) electrons. The van der Waals surface area contributed by atoms with Crippen molar-refractivity contribution in [3.8, 4) is 0 Å². The van der Waals surface area contributed by atoms with Crippen LogP contribution < -0.4 is 0 Å². The SMILES string of the molecule is CC/C=C/[C@H]1CO[C@H]([C@H]2CO[C@H](CCc3ccc(F)c(F)c3)OC2)OC1. The molecule has 0 aliphatic carbocycles. The van der Waals surface area contributed by atoms with Gasteiger partial charge in [0.2, 0.25) is 0 Å². The van der Waals surface area contributed by atoms with Crippen LogP contribution >= 0.6 is 0 Å². The molecule has 4 nitrogen and oxygen atoms in total. The molecular weight excluding hydrogens is 342 g/mol. The molecule has 26 heavy (non-hydrogen) atoms. The average molecular weight is 368 g/mol. The number of halogens is 2. The first-order chi connectivity index (χ1) is 12.7. The summed E-state index contributed by atoms with van der Waals surface area (Å²) in [5.41, 5.74) is 0.725. The van der Waals surface area contributed by atoms with Crippen LogP contribution in [0, 0.1) is 23.5 Å². The zero-order chi connectivity index (χ0) is 18.4. The minimum Gasteiger partial charge on any atom is -0.352 e. The quantitative estimate of drug-likeness (QED) is 0.715. The Morgan fingerprint density at radius 3 is 2.38 bits per heavy atom. The second kappa shape index (κ2) is 9.55. The molecule has 0 unspecified atom stereocenters. The molecule has 0 N–H and O–H groups in total. The van der Waals surface area contributed by atoms with Gasteiger partial charge >= 0.3 is 0 Å². The van der Waals surface area contributed by atoms with Crippen LogP contribution in [0.1, 0.15) is 25.3 Å². The zero-order valence-electron chi connectivity index (χ0n) is 15.0. The average Bonchev–Trinajstić information content (AvgIpc) is 2.68. The van der Waals surface area contributed by atoms with Crippen molar-refractivity contribution in [2.45, 2.75) is 38.8 Å². The molecule has 0 saturated carbocycles. The smallest absolute Gasteiger partial charge is 0.164 e. The van der Waals surface area contributed by atoms with E-state index in [2.05, 4.69) is 19.1 Å². The van der Waals surface area contributed by atoms with E-state index in [1.54, 1.807) is 6.07 Å². The lowest BCUT2D eigenvalue weighted by Gasteiger charge is -2.37. The van der Waals surface area contributed by atoms with E-state index in [0.29, 0.717) is 45.2 Å². The van der Waals surface area contributed by atoms with Gasteiger partial charge in [-0.3, -0.25) is 0 Å². The van der Waals surface area contributed by atoms with Gasteiger partial charge in [0.1, 0.15) is 0 Å². The van der Waals surface area contributed by atoms with E-state index in [1.165, 1.54) is 6.07 Å². The van der Waals surface area contributed by atoms with Crippen molar-refractivity contribution in [1.29, 1.82) is 0 Å². The van der Waals surface area contributed by atoms with E-state index in [4.69, 9.17) is 18.9 Å². The number of rotatable bonds is 6. The third-order valence-corrected chi connectivity index (χ3v) is 4.62. The van der Waals surface area contributed by atoms with Crippen molar-refractivity contribution in [3.63, 3.8) is 0 Å². The molecule has 0 amide bonds. The highest BCUT2D eigenvalue weighted by molar-refractivity contribution is 5.17. The van der Waals surface area contributed by atoms with E-state index in [0.717, 1.165) is 18.1 Å². The molecule has 0 aromatic heterocycles. The molecule has 2 aliphatic heterocycles. The molecule has 2 heterocycles. The Hall–Kier alpha value is -1.34. The first-order valence-corrected chi connectivity index (χ1v) is 9.22. The molecule has 2 fully saturated rings. The van der Waals surface area contributed by atoms with Crippen LogP contribution in [0.2, 0.25) is 0 Å². The number of hydrogen-bond acceptors (Lipinski definition) is 4. The van der Waals surface area contributed by atoms with E-state index in [1.807, 2.05) is 0 Å². The molecule has 2 aliphatic rings. The molecule has 6 heteroatoms. The standard InChI is InChI=1S/C20H26F2O4/c1-2-3-4-15-10-25-20(26-11-15)16-12-23-19(24-13-16)8-6-14-5-7-17(21)18(22)9-14/h3-5,7,9,15-16,19-20H,2,6,8,10-13H2,1H3/b4-3+/t15-,16-,19-,20-. The lowest BCUT2D eigenvalue weighted by Crippen LogP contribution is -2.44. The Morgan fingerprint density at radius 2 is 1.73 bits per heavy atom. The van der Waals surface area contributed by atoms with Crippen LogP contribution in [-0.2, 0) is 25.4 Å². The number of allylic oxidation sites excluding steroid dienone is 1. The van der Waals surface area contributed by atoms with Crippen LogP contribution in [0.15, 0.2) is 30.4 Å². The molecule has 3 rings (SSSR count). The Morgan fingerprint density at radius 1 is 1.00 bits per heavy atom. The van der Waals surface area contributed by atoms with Gasteiger partial charge in [0.05, 0.1) is 32.3 Å². The van der Waals surface area contributed by atoms with Gasteiger partial charge in [-0.25, -0.2) is 8.78 Å². The van der Waals surface area contributed by atoms with Gasteiger partial charge in [-0.05, 0) is 30.5 Å². The summed E-state index contributed by atoms with van der Waals surface area (Å²) in [6.07, 6.45) is 5.79. The molecule has 0 bridgehead atoms. The Kier molecular flexibility index (Phi) is 7.14. The maximum Gasteiger partial charge on any atom is 0.164 e. The van der Waals surface area contributed by atoms with Gasteiger partial charge < -0.3 is 18.9 Å². The summed E-state index contributed by atoms with van der Waals surface area (Å²) in [5, 5.41) is 0. The first kappa shape index (κ1) is 19.4. The summed E-state index contributed by atoms with van der Waals surface area (Å²) in [6, 6.07) is 3.94. The molecule has 0 atom stereocenters. The summed E-state index contributed by atoms with van der Waals surface area (Å²) in [6.45, 7) is 4.41. The summed E-state index contributed by atoms with van der Waals surface area (Å²) in [7, 11) is 0. The zero-order valence-corrected chi connectivity index (χ0v) is 15.0. The number of ether oxygens (including phenoxy) is 4. The highest BCUT2D eigenvalue weighted by Crippen LogP contribution is 2.24. The summed E-state index contributed by atoms with van der Waals surface area (Å²) >= 11 is 0. The normalized spacial score (nSPS) is 30.0. The van der Waals surface area contributed by atoms with Crippen molar-refractivity contribution < 1.29 is 27.7 Å². The van der Waals surface area contributed by atoms with E-state index in [-0.39, 0.29) is 18.5 Å². The van der Waals surface area contributed by atoms with E-state index >= 15 is 0 Å². The second-order valence-electron chi connectivity index (χ2n) is 6.77. The van der Waals surface area contributed by atoms with Crippen molar-refractivity contribution >= 4 is 0 Å². The molecule has 144 valence electrons. The third-order valence-electron chi connectivity index (χ3n) is 4.62. The topological polar surface area (TPSA) is 36.9 Å². The van der Waals surface area contributed by atoms with E-state index < -0.39 is 11.6 Å². The Balaban J connectivity index is 1.38. The molecule has 0 spiro atoms. The monoisotopic (exact) mass is 368 g/mol. The fourth-order valence-corrected chi connectivity index (χ4v) is 3.11. The summed E-state index contributed by atoms with van der Waals surface area (Å²) in [4.78, 5) is 0. The van der Waals surface area contributed by atoms with Crippen LogP contribution in [0.25, 0.3) is 0 Å². The second-order valence-corrected chi connectivity index (χ2v) is 6.77. The molecule has 2 saturated heterocycles.